The molecule has 1 aliphatic rings. The summed E-state index contributed by atoms with van der Waals surface area (Å²) in [7, 11) is 3.59. The highest BCUT2D eigenvalue weighted by Crippen LogP contribution is 2.19. The van der Waals surface area contributed by atoms with Crippen molar-refractivity contribution >= 4 is 17.5 Å². The third-order valence-electron chi connectivity index (χ3n) is 4.16. The molecule has 1 heterocycles. The molecule has 2 amide bonds. The Morgan fingerprint density at radius 3 is 2.45 bits per heavy atom. The SMILES string of the molecule is Cc1ccccc1NC(=O)CN1CCC(C(=O)N(C)C)CC1. The molecule has 5 nitrogen and oxygen atoms in total. The molecule has 1 aliphatic heterocycles. The lowest BCUT2D eigenvalue weighted by Crippen LogP contribution is -2.43. The van der Waals surface area contributed by atoms with Crippen LogP contribution in [0.3, 0.4) is 0 Å². The van der Waals surface area contributed by atoms with Crippen LogP contribution in [0.4, 0.5) is 5.69 Å². The van der Waals surface area contributed by atoms with Crippen molar-refractivity contribution in [3.8, 4) is 0 Å². The molecule has 1 aromatic rings. The molecule has 1 fully saturated rings. The van der Waals surface area contributed by atoms with Gasteiger partial charge in [0.15, 0.2) is 0 Å². The second-order valence-electron chi connectivity index (χ2n) is 6.15. The number of nitrogens with zero attached hydrogens (tertiary/aromatic N) is 2. The predicted octanol–water partition coefficient (Wildman–Crippen LogP) is 1.73. The number of hydrogen-bond donors (Lipinski definition) is 1. The number of likely N-dealkylation sites (tertiary alicyclic amines) is 1. The highest BCUT2D eigenvalue weighted by molar-refractivity contribution is 5.93. The van der Waals surface area contributed by atoms with E-state index in [1.807, 2.05) is 31.2 Å². The number of piperidine rings is 1. The fourth-order valence-electron chi connectivity index (χ4n) is 2.81. The van der Waals surface area contributed by atoms with Crippen LogP contribution in [0.1, 0.15) is 18.4 Å². The second-order valence-corrected chi connectivity index (χ2v) is 6.15. The van der Waals surface area contributed by atoms with Crippen LogP contribution in [0.5, 0.6) is 0 Å². The third kappa shape index (κ3) is 4.31. The van der Waals surface area contributed by atoms with E-state index in [0.29, 0.717) is 6.54 Å². The predicted molar refractivity (Wildman–Crippen MR) is 87.7 cm³/mol. The van der Waals surface area contributed by atoms with Gasteiger partial charge in [-0.15, -0.1) is 0 Å². The first-order valence-corrected chi connectivity index (χ1v) is 7.76. The van der Waals surface area contributed by atoms with Gasteiger partial charge in [-0.1, -0.05) is 18.2 Å². The van der Waals surface area contributed by atoms with E-state index < -0.39 is 0 Å². The number of carbonyl (C=O) groups excluding carboxylic acids is 2. The largest absolute Gasteiger partial charge is 0.349 e. The molecule has 0 spiro atoms. The molecule has 0 saturated carbocycles. The van der Waals surface area contributed by atoms with Crippen molar-refractivity contribution in [1.82, 2.24) is 9.80 Å². The molecule has 2 rings (SSSR count). The Hall–Kier alpha value is -1.88. The van der Waals surface area contributed by atoms with Crippen molar-refractivity contribution in [2.45, 2.75) is 19.8 Å². The molecule has 0 aliphatic carbocycles. The summed E-state index contributed by atoms with van der Waals surface area (Å²) < 4.78 is 0. The molecule has 0 bridgehead atoms. The maximum Gasteiger partial charge on any atom is 0.238 e. The van der Waals surface area contributed by atoms with Crippen molar-refractivity contribution in [1.29, 1.82) is 0 Å². The Kier molecular flexibility index (Phi) is 5.55. The van der Waals surface area contributed by atoms with Gasteiger partial charge in [0.2, 0.25) is 11.8 Å². The van der Waals surface area contributed by atoms with Crippen molar-refractivity contribution in [2.75, 3.05) is 39.0 Å². The number of nitrogens with one attached hydrogen (secondary N) is 1. The van der Waals surface area contributed by atoms with Crippen LogP contribution in [0, 0.1) is 12.8 Å². The first-order chi connectivity index (χ1) is 10.5. The molecule has 0 radical (unpaired) electrons. The smallest absolute Gasteiger partial charge is 0.238 e. The summed E-state index contributed by atoms with van der Waals surface area (Å²) >= 11 is 0. The average molecular weight is 303 g/mol. The fraction of sp³-hybridized carbons (Fsp3) is 0.529. The minimum Gasteiger partial charge on any atom is -0.349 e. The molecular weight excluding hydrogens is 278 g/mol. The van der Waals surface area contributed by atoms with E-state index in [2.05, 4.69) is 10.2 Å². The zero-order chi connectivity index (χ0) is 16.1. The number of amides is 2. The summed E-state index contributed by atoms with van der Waals surface area (Å²) in [5.74, 6) is 0.307. The third-order valence-corrected chi connectivity index (χ3v) is 4.16. The number of carbonyl (C=O) groups is 2. The number of rotatable bonds is 4. The normalized spacial score (nSPS) is 16.3. The quantitative estimate of drug-likeness (QED) is 0.922. The zero-order valence-electron chi connectivity index (χ0n) is 13.6. The molecule has 120 valence electrons. The lowest BCUT2D eigenvalue weighted by molar-refractivity contribution is -0.134. The van der Waals surface area contributed by atoms with Crippen LogP contribution in [-0.4, -0.2) is 55.3 Å². The van der Waals surface area contributed by atoms with E-state index in [0.717, 1.165) is 37.2 Å². The van der Waals surface area contributed by atoms with E-state index >= 15 is 0 Å². The average Bonchev–Trinajstić information content (AvgIpc) is 2.49. The summed E-state index contributed by atoms with van der Waals surface area (Å²) in [6.07, 6.45) is 1.66. The number of anilines is 1. The summed E-state index contributed by atoms with van der Waals surface area (Å²) in [6.45, 7) is 3.96. The van der Waals surface area contributed by atoms with E-state index in [-0.39, 0.29) is 17.7 Å². The van der Waals surface area contributed by atoms with Gasteiger partial charge in [-0.2, -0.15) is 0 Å². The number of para-hydroxylation sites is 1. The van der Waals surface area contributed by atoms with Gasteiger partial charge < -0.3 is 10.2 Å². The molecule has 1 aromatic carbocycles. The Bertz CT molecular complexity index is 534. The van der Waals surface area contributed by atoms with Gasteiger partial charge in [0, 0.05) is 25.7 Å². The second kappa shape index (κ2) is 7.40. The van der Waals surface area contributed by atoms with Crippen molar-refractivity contribution in [3.05, 3.63) is 29.8 Å². The van der Waals surface area contributed by atoms with Gasteiger partial charge in [-0.25, -0.2) is 0 Å². The summed E-state index contributed by atoms with van der Waals surface area (Å²) in [5, 5.41) is 2.95. The van der Waals surface area contributed by atoms with Crippen LogP contribution in [0.25, 0.3) is 0 Å². The van der Waals surface area contributed by atoms with Crippen molar-refractivity contribution in [3.63, 3.8) is 0 Å². The van der Waals surface area contributed by atoms with Crippen LogP contribution >= 0.6 is 0 Å². The number of aryl methyl sites for hydroxylation is 1. The summed E-state index contributed by atoms with van der Waals surface area (Å²) in [5.41, 5.74) is 1.93. The standard InChI is InChI=1S/C17H25N3O2/c1-13-6-4-5-7-15(13)18-16(21)12-20-10-8-14(9-11-20)17(22)19(2)3/h4-7,14H,8-12H2,1-3H3,(H,18,21). The zero-order valence-corrected chi connectivity index (χ0v) is 13.6. The first kappa shape index (κ1) is 16.5. The van der Waals surface area contributed by atoms with Gasteiger partial charge in [0.05, 0.1) is 6.54 Å². The Morgan fingerprint density at radius 2 is 1.86 bits per heavy atom. The maximum atomic E-state index is 12.1. The van der Waals surface area contributed by atoms with Crippen LogP contribution in [0.15, 0.2) is 24.3 Å². The minimum atomic E-state index is 0.00619. The summed E-state index contributed by atoms with van der Waals surface area (Å²) in [6, 6.07) is 7.77. The van der Waals surface area contributed by atoms with Gasteiger partial charge in [-0.05, 0) is 44.5 Å². The Morgan fingerprint density at radius 1 is 1.23 bits per heavy atom. The number of hydrogen-bond acceptors (Lipinski definition) is 3. The molecular formula is C17H25N3O2. The number of benzene rings is 1. The molecule has 1 N–H and O–H groups in total. The first-order valence-electron chi connectivity index (χ1n) is 7.76. The fourth-order valence-corrected chi connectivity index (χ4v) is 2.81. The monoisotopic (exact) mass is 303 g/mol. The molecule has 0 aromatic heterocycles. The molecule has 0 unspecified atom stereocenters. The van der Waals surface area contributed by atoms with E-state index in [1.54, 1.807) is 19.0 Å². The highest BCUT2D eigenvalue weighted by Gasteiger charge is 2.26. The van der Waals surface area contributed by atoms with Gasteiger partial charge in [0.25, 0.3) is 0 Å². The maximum absolute atomic E-state index is 12.1. The van der Waals surface area contributed by atoms with Gasteiger partial charge in [0.1, 0.15) is 0 Å². The van der Waals surface area contributed by atoms with Crippen molar-refractivity contribution < 1.29 is 9.59 Å². The highest BCUT2D eigenvalue weighted by atomic mass is 16.2. The Balaban J connectivity index is 1.80. The van der Waals surface area contributed by atoms with Crippen LogP contribution < -0.4 is 5.32 Å². The van der Waals surface area contributed by atoms with Gasteiger partial charge >= 0.3 is 0 Å². The van der Waals surface area contributed by atoms with Crippen molar-refractivity contribution in [2.24, 2.45) is 5.92 Å². The van der Waals surface area contributed by atoms with Crippen LogP contribution in [0.2, 0.25) is 0 Å². The molecule has 1 saturated heterocycles. The topological polar surface area (TPSA) is 52.7 Å². The summed E-state index contributed by atoms with van der Waals surface area (Å²) in [4.78, 5) is 27.8. The van der Waals surface area contributed by atoms with Crippen LogP contribution in [-0.2, 0) is 9.59 Å². The van der Waals surface area contributed by atoms with Gasteiger partial charge in [-0.3, -0.25) is 14.5 Å². The lowest BCUT2D eigenvalue weighted by Gasteiger charge is -2.31. The molecule has 5 heteroatoms. The minimum absolute atomic E-state index is 0.00619. The lowest BCUT2D eigenvalue weighted by atomic mass is 9.95. The molecule has 0 atom stereocenters. The van der Waals surface area contributed by atoms with E-state index in [1.165, 1.54) is 0 Å². The Labute approximate surface area is 132 Å². The molecule has 22 heavy (non-hydrogen) atoms. The van der Waals surface area contributed by atoms with E-state index in [4.69, 9.17) is 0 Å². The van der Waals surface area contributed by atoms with E-state index in [9.17, 15) is 9.59 Å².